The van der Waals surface area contributed by atoms with Crippen molar-refractivity contribution >= 4 is 52.5 Å². The number of rotatable bonds is 3. The smallest absolute Gasteiger partial charge is 0.244 e. The highest BCUT2D eigenvalue weighted by Gasteiger charge is 2.17. The molecule has 0 spiro atoms. The lowest BCUT2D eigenvalue weighted by Crippen LogP contribution is -2.36. The van der Waals surface area contributed by atoms with E-state index in [0.29, 0.717) is 21.5 Å². The van der Waals surface area contributed by atoms with Crippen LogP contribution in [0.5, 0.6) is 0 Å². The summed E-state index contributed by atoms with van der Waals surface area (Å²) in [5.74, 6) is -0.0734. The fourth-order valence-electron chi connectivity index (χ4n) is 1.48. The summed E-state index contributed by atoms with van der Waals surface area (Å²) in [7, 11) is 0. The minimum absolute atomic E-state index is 0.0429. The van der Waals surface area contributed by atoms with Crippen molar-refractivity contribution in [2.75, 3.05) is 17.6 Å². The summed E-state index contributed by atoms with van der Waals surface area (Å²) < 4.78 is 0. The Morgan fingerprint density at radius 1 is 1.42 bits per heavy atom. The topological polar surface area (TPSA) is 49.4 Å². The lowest BCUT2D eigenvalue weighted by atomic mass is 10.3. The van der Waals surface area contributed by atoms with Crippen molar-refractivity contribution in [2.24, 2.45) is 0 Å². The van der Waals surface area contributed by atoms with Gasteiger partial charge in [0.15, 0.2) is 0 Å². The molecular weight excluding hydrogens is 307 g/mol. The second kappa shape index (κ2) is 6.32. The van der Waals surface area contributed by atoms with Crippen molar-refractivity contribution < 1.29 is 9.59 Å². The molecule has 0 atom stereocenters. The van der Waals surface area contributed by atoms with E-state index in [-0.39, 0.29) is 18.4 Å². The first-order valence-electron chi connectivity index (χ1n) is 5.39. The van der Waals surface area contributed by atoms with Gasteiger partial charge in [-0.2, -0.15) is 0 Å². The highest BCUT2D eigenvalue weighted by Crippen LogP contribution is 2.25. The van der Waals surface area contributed by atoms with Gasteiger partial charge in [0.25, 0.3) is 0 Å². The maximum atomic E-state index is 11.8. The van der Waals surface area contributed by atoms with Crippen LogP contribution in [0.2, 0.25) is 10.0 Å². The molecule has 0 radical (unpaired) electrons. The largest absolute Gasteiger partial charge is 0.323 e. The molecule has 2 amide bonds. The monoisotopic (exact) mass is 316 g/mol. The number of thioether (sulfide) groups is 1. The maximum Gasteiger partial charge on any atom is 0.244 e. The number of halogens is 2. The summed E-state index contributed by atoms with van der Waals surface area (Å²) in [6.45, 7) is -0.0429. The molecule has 1 aliphatic heterocycles. The molecule has 1 aliphatic rings. The maximum absolute atomic E-state index is 11.8. The lowest BCUT2D eigenvalue weighted by Gasteiger charge is -2.20. The third kappa shape index (κ3) is 3.89. The Labute approximate surface area is 124 Å². The molecule has 0 saturated heterocycles. The molecule has 1 aromatic carbocycles. The van der Waals surface area contributed by atoms with Gasteiger partial charge in [0.1, 0.15) is 6.54 Å². The van der Waals surface area contributed by atoms with Gasteiger partial charge in [-0.3, -0.25) is 9.59 Å². The molecule has 100 valence electrons. The Bertz CT molecular complexity index is 549. The molecule has 1 aromatic rings. The Morgan fingerprint density at radius 2 is 2.21 bits per heavy atom. The molecule has 0 bridgehead atoms. The molecule has 4 nitrogen and oxygen atoms in total. The number of hydrogen-bond acceptors (Lipinski definition) is 3. The zero-order chi connectivity index (χ0) is 13.8. The summed E-state index contributed by atoms with van der Waals surface area (Å²) in [6.07, 6.45) is 1.59. The van der Waals surface area contributed by atoms with Gasteiger partial charge in [-0.15, -0.1) is 11.8 Å². The van der Waals surface area contributed by atoms with Crippen molar-refractivity contribution in [3.8, 4) is 0 Å². The van der Waals surface area contributed by atoms with Crippen LogP contribution in [-0.4, -0.2) is 29.0 Å². The van der Waals surface area contributed by atoms with E-state index in [0.717, 1.165) is 0 Å². The van der Waals surface area contributed by atoms with E-state index in [4.69, 9.17) is 23.2 Å². The molecule has 1 N–H and O–H groups in total. The van der Waals surface area contributed by atoms with E-state index in [2.05, 4.69) is 5.32 Å². The van der Waals surface area contributed by atoms with Gasteiger partial charge in [-0.05, 0) is 23.6 Å². The van der Waals surface area contributed by atoms with Gasteiger partial charge in [-0.25, -0.2) is 0 Å². The van der Waals surface area contributed by atoms with Crippen molar-refractivity contribution in [3.05, 3.63) is 39.9 Å². The predicted octanol–water partition coefficient (Wildman–Crippen LogP) is 2.98. The number of anilines is 1. The van der Waals surface area contributed by atoms with E-state index in [1.165, 1.54) is 16.7 Å². The fraction of sp³-hybridized carbons (Fsp3) is 0.167. The van der Waals surface area contributed by atoms with Crippen LogP contribution >= 0.6 is 35.0 Å². The Hall–Kier alpha value is -1.17. The molecule has 7 heteroatoms. The summed E-state index contributed by atoms with van der Waals surface area (Å²) >= 11 is 13.2. The van der Waals surface area contributed by atoms with E-state index in [1.54, 1.807) is 29.8 Å². The SMILES string of the molecule is O=C(CN1C=CSCC1=O)Nc1cc(Cl)ccc1Cl. The van der Waals surface area contributed by atoms with Crippen molar-refractivity contribution in [3.63, 3.8) is 0 Å². The van der Waals surface area contributed by atoms with Crippen LogP contribution in [0, 0.1) is 0 Å². The van der Waals surface area contributed by atoms with E-state index in [1.807, 2.05) is 0 Å². The van der Waals surface area contributed by atoms with Gasteiger partial charge in [0, 0.05) is 11.2 Å². The van der Waals surface area contributed by atoms with Gasteiger partial charge in [0.2, 0.25) is 11.8 Å². The van der Waals surface area contributed by atoms with Crippen molar-refractivity contribution in [1.82, 2.24) is 4.90 Å². The molecule has 0 fully saturated rings. The second-order valence-electron chi connectivity index (χ2n) is 3.79. The van der Waals surface area contributed by atoms with Crippen molar-refractivity contribution in [1.29, 1.82) is 0 Å². The molecular formula is C12H10Cl2N2O2S. The van der Waals surface area contributed by atoms with E-state index < -0.39 is 0 Å². The van der Waals surface area contributed by atoms with Crippen LogP contribution in [0.15, 0.2) is 29.8 Å². The zero-order valence-electron chi connectivity index (χ0n) is 9.73. The minimum atomic E-state index is -0.325. The Morgan fingerprint density at radius 3 is 2.95 bits per heavy atom. The number of carbonyl (C=O) groups is 2. The number of nitrogens with one attached hydrogen (secondary N) is 1. The first kappa shape index (κ1) is 14.2. The predicted molar refractivity (Wildman–Crippen MR) is 78.4 cm³/mol. The zero-order valence-corrected chi connectivity index (χ0v) is 12.1. The summed E-state index contributed by atoms with van der Waals surface area (Å²) in [4.78, 5) is 24.7. The van der Waals surface area contributed by atoms with Crippen LogP contribution in [0.3, 0.4) is 0 Å². The van der Waals surface area contributed by atoms with Crippen molar-refractivity contribution in [2.45, 2.75) is 0 Å². The first-order chi connectivity index (χ1) is 9.06. The highest BCUT2D eigenvalue weighted by atomic mass is 35.5. The number of nitrogens with zero attached hydrogens (tertiary/aromatic N) is 1. The molecule has 0 aliphatic carbocycles. The molecule has 0 saturated carbocycles. The second-order valence-corrected chi connectivity index (χ2v) is 5.53. The van der Waals surface area contributed by atoms with Crippen LogP contribution in [0.25, 0.3) is 0 Å². The molecule has 0 unspecified atom stereocenters. The normalized spacial score (nSPS) is 14.6. The average Bonchev–Trinajstić information content (AvgIpc) is 2.37. The Kier molecular flexibility index (Phi) is 4.74. The minimum Gasteiger partial charge on any atom is -0.323 e. The van der Waals surface area contributed by atoms with E-state index in [9.17, 15) is 9.59 Å². The third-order valence-corrected chi connectivity index (χ3v) is 3.67. The average molecular weight is 317 g/mol. The van der Waals surface area contributed by atoms with Gasteiger partial charge < -0.3 is 10.2 Å². The summed E-state index contributed by atoms with van der Waals surface area (Å²) in [5, 5.41) is 5.28. The number of amides is 2. The molecule has 1 heterocycles. The number of carbonyl (C=O) groups excluding carboxylic acids is 2. The van der Waals surface area contributed by atoms with Gasteiger partial charge in [-0.1, -0.05) is 23.2 Å². The molecule has 19 heavy (non-hydrogen) atoms. The number of hydrogen-bond donors (Lipinski definition) is 1. The summed E-state index contributed by atoms with van der Waals surface area (Å²) in [5.41, 5.74) is 0.432. The highest BCUT2D eigenvalue weighted by molar-refractivity contribution is 8.02. The Balaban J connectivity index is 2.01. The standard InChI is InChI=1S/C12H10Cl2N2O2S/c13-8-1-2-9(14)10(5-8)15-11(17)6-16-3-4-19-7-12(16)18/h1-5H,6-7H2,(H,15,17). The molecule has 2 rings (SSSR count). The van der Waals surface area contributed by atoms with Crippen LogP contribution in [-0.2, 0) is 9.59 Å². The molecule has 0 aromatic heterocycles. The first-order valence-corrected chi connectivity index (χ1v) is 7.19. The van der Waals surface area contributed by atoms with Crippen LogP contribution in [0.1, 0.15) is 0 Å². The van der Waals surface area contributed by atoms with E-state index >= 15 is 0 Å². The quantitative estimate of drug-likeness (QED) is 0.932. The lowest BCUT2D eigenvalue weighted by molar-refractivity contribution is -0.129. The van der Waals surface area contributed by atoms with Crippen LogP contribution in [0.4, 0.5) is 5.69 Å². The fourth-order valence-corrected chi connectivity index (χ4v) is 2.46. The van der Waals surface area contributed by atoms with Crippen LogP contribution < -0.4 is 5.32 Å². The van der Waals surface area contributed by atoms with Gasteiger partial charge in [0.05, 0.1) is 16.5 Å². The summed E-state index contributed by atoms with van der Waals surface area (Å²) in [6, 6.07) is 4.79. The van der Waals surface area contributed by atoms with Gasteiger partial charge >= 0.3 is 0 Å². The number of benzene rings is 1. The third-order valence-electron chi connectivity index (χ3n) is 2.38.